The Bertz CT molecular complexity index is 673. The first-order valence-electron chi connectivity index (χ1n) is 7.73. The summed E-state index contributed by atoms with van der Waals surface area (Å²) in [7, 11) is 0. The molecule has 0 aromatic heterocycles. The maximum absolute atomic E-state index is 11.9. The SMILES string of the molecule is CC([Se])=NCCCC[C@H](N)C(=O)OCc1cc([N+](=O)[O-])cc([N+](=O)[O-])c1. The second-order valence-electron chi connectivity index (χ2n) is 5.48. The van der Waals surface area contributed by atoms with Gasteiger partial charge in [0.15, 0.2) is 0 Å². The van der Waals surface area contributed by atoms with E-state index in [1.165, 1.54) is 0 Å². The van der Waals surface area contributed by atoms with Crippen LogP contribution in [-0.2, 0) is 16.1 Å². The van der Waals surface area contributed by atoms with Crippen molar-refractivity contribution in [2.45, 2.75) is 38.8 Å². The first-order chi connectivity index (χ1) is 12.2. The summed E-state index contributed by atoms with van der Waals surface area (Å²) in [5, 5.41) is 21.7. The van der Waals surface area contributed by atoms with Crippen LogP contribution in [0.1, 0.15) is 31.7 Å². The third kappa shape index (κ3) is 7.68. The molecular formula is C15H19N4O6Se. The molecule has 0 aliphatic carbocycles. The van der Waals surface area contributed by atoms with Gasteiger partial charge in [-0.1, -0.05) is 0 Å². The Morgan fingerprint density at radius 3 is 2.31 bits per heavy atom. The normalized spacial score (nSPS) is 12.5. The van der Waals surface area contributed by atoms with Gasteiger partial charge in [-0.05, 0) is 0 Å². The van der Waals surface area contributed by atoms with Gasteiger partial charge in [0, 0.05) is 0 Å². The van der Waals surface area contributed by atoms with Crippen molar-refractivity contribution >= 4 is 38.0 Å². The van der Waals surface area contributed by atoms with Crippen LogP contribution in [0, 0.1) is 20.2 Å². The number of carbonyl (C=O) groups is 1. The smallest absolute Gasteiger partial charge is 0.258 e. The third-order valence-electron chi connectivity index (χ3n) is 3.33. The number of benzene rings is 1. The topological polar surface area (TPSA) is 151 Å². The zero-order chi connectivity index (χ0) is 19.7. The van der Waals surface area contributed by atoms with Gasteiger partial charge in [-0.25, -0.2) is 0 Å². The Hall–Kier alpha value is -2.36. The molecule has 2 N–H and O–H groups in total. The van der Waals surface area contributed by atoms with Crippen LogP contribution < -0.4 is 5.73 Å². The summed E-state index contributed by atoms with van der Waals surface area (Å²) in [4.78, 5) is 36.2. The second-order valence-corrected chi connectivity index (χ2v) is 6.72. The molecule has 1 aromatic carbocycles. The molecule has 1 aromatic rings. The van der Waals surface area contributed by atoms with Crippen LogP contribution in [0.4, 0.5) is 11.4 Å². The summed E-state index contributed by atoms with van der Waals surface area (Å²) < 4.78 is 5.87. The molecule has 0 spiro atoms. The van der Waals surface area contributed by atoms with Crippen molar-refractivity contribution in [1.29, 1.82) is 0 Å². The van der Waals surface area contributed by atoms with E-state index < -0.39 is 33.2 Å². The van der Waals surface area contributed by atoms with Gasteiger partial charge in [-0.2, -0.15) is 0 Å². The number of carbonyl (C=O) groups excluding carboxylic acids is 1. The van der Waals surface area contributed by atoms with E-state index >= 15 is 0 Å². The number of esters is 1. The molecule has 0 aliphatic heterocycles. The Balaban J connectivity index is 2.57. The van der Waals surface area contributed by atoms with Crippen LogP contribution in [0.2, 0.25) is 0 Å². The number of ether oxygens (including phenoxy) is 1. The summed E-state index contributed by atoms with van der Waals surface area (Å²) in [5.41, 5.74) is 5.00. The molecule has 141 valence electrons. The van der Waals surface area contributed by atoms with Gasteiger partial charge in [-0.3, -0.25) is 20.2 Å². The average molecular weight is 430 g/mol. The Kier molecular flexibility index (Phi) is 8.83. The minimum absolute atomic E-state index is 0.149. The number of unbranched alkanes of at least 4 members (excludes halogenated alkanes) is 1. The van der Waals surface area contributed by atoms with Gasteiger partial charge >= 0.3 is 110 Å². The molecule has 0 fully saturated rings. The monoisotopic (exact) mass is 431 g/mol. The van der Waals surface area contributed by atoms with Gasteiger partial charge in [0.1, 0.15) is 0 Å². The third-order valence-corrected chi connectivity index (χ3v) is 3.60. The Morgan fingerprint density at radius 1 is 1.23 bits per heavy atom. The molecule has 0 aliphatic rings. The van der Waals surface area contributed by atoms with E-state index in [9.17, 15) is 25.0 Å². The van der Waals surface area contributed by atoms with Crippen LogP contribution in [0.5, 0.6) is 0 Å². The molecule has 10 nitrogen and oxygen atoms in total. The molecule has 0 amide bonds. The van der Waals surface area contributed by atoms with E-state index in [0.29, 0.717) is 19.4 Å². The Labute approximate surface area is 157 Å². The van der Waals surface area contributed by atoms with Crippen molar-refractivity contribution in [3.8, 4) is 0 Å². The number of hydrogen-bond acceptors (Lipinski definition) is 8. The molecule has 1 atom stereocenters. The van der Waals surface area contributed by atoms with E-state index in [0.717, 1.165) is 29.2 Å². The van der Waals surface area contributed by atoms with E-state index in [1.807, 2.05) is 6.92 Å². The maximum atomic E-state index is 11.9. The van der Waals surface area contributed by atoms with Crippen molar-refractivity contribution < 1.29 is 19.4 Å². The zero-order valence-electron chi connectivity index (χ0n) is 14.1. The molecule has 26 heavy (non-hydrogen) atoms. The molecule has 11 heteroatoms. The molecule has 0 unspecified atom stereocenters. The molecule has 1 radical (unpaired) electrons. The first-order valence-corrected chi connectivity index (χ1v) is 8.59. The van der Waals surface area contributed by atoms with Crippen LogP contribution in [0.3, 0.4) is 0 Å². The van der Waals surface area contributed by atoms with Crippen LogP contribution >= 0.6 is 0 Å². The number of nitrogens with two attached hydrogens (primary N) is 1. The number of nitro groups is 2. The number of aliphatic imine (C=N–C) groups is 1. The zero-order valence-corrected chi connectivity index (χ0v) is 15.8. The Morgan fingerprint density at radius 2 is 1.81 bits per heavy atom. The van der Waals surface area contributed by atoms with Gasteiger partial charge in [-0.15, -0.1) is 0 Å². The van der Waals surface area contributed by atoms with Crippen molar-refractivity contribution in [2.75, 3.05) is 6.54 Å². The molecule has 1 rings (SSSR count). The van der Waals surface area contributed by atoms with Gasteiger partial charge in [0.2, 0.25) is 0 Å². The minimum Gasteiger partial charge on any atom is -0.258 e. The molecule has 0 heterocycles. The van der Waals surface area contributed by atoms with Crippen LogP contribution in [-0.4, -0.2) is 49.0 Å². The van der Waals surface area contributed by atoms with E-state index in [2.05, 4.69) is 21.0 Å². The summed E-state index contributed by atoms with van der Waals surface area (Å²) >= 11 is 2.78. The molecule has 0 bridgehead atoms. The van der Waals surface area contributed by atoms with Crippen LogP contribution in [0.15, 0.2) is 23.2 Å². The number of nitrogens with zero attached hydrogens (tertiary/aromatic N) is 3. The van der Waals surface area contributed by atoms with E-state index in [-0.39, 0.29) is 12.2 Å². The van der Waals surface area contributed by atoms with Crippen molar-refractivity contribution in [3.63, 3.8) is 0 Å². The van der Waals surface area contributed by atoms with Gasteiger partial charge in [0.25, 0.3) is 11.4 Å². The minimum atomic E-state index is -0.832. The quantitative estimate of drug-likeness (QED) is 0.148. The first kappa shape index (κ1) is 21.7. The van der Waals surface area contributed by atoms with E-state index in [4.69, 9.17) is 10.5 Å². The van der Waals surface area contributed by atoms with Crippen molar-refractivity contribution in [3.05, 3.63) is 44.0 Å². The fourth-order valence-corrected chi connectivity index (χ4v) is 2.23. The number of non-ortho nitro benzene ring substituents is 2. The summed E-state index contributed by atoms with van der Waals surface area (Å²) in [5.74, 6) is -0.664. The summed E-state index contributed by atoms with van der Waals surface area (Å²) in [6.45, 7) is 2.16. The predicted octanol–water partition coefficient (Wildman–Crippen LogP) is 1.63. The van der Waals surface area contributed by atoms with Gasteiger partial charge in [0.05, 0.1) is 15.9 Å². The predicted molar refractivity (Wildman–Crippen MR) is 95.1 cm³/mol. The van der Waals surface area contributed by atoms with E-state index in [1.54, 1.807) is 0 Å². The molecular weight excluding hydrogens is 411 g/mol. The fourth-order valence-electron chi connectivity index (χ4n) is 2.04. The molecule has 0 saturated heterocycles. The molecule has 0 saturated carbocycles. The summed E-state index contributed by atoms with van der Waals surface area (Å²) in [6.07, 6.45) is 1.88. The average Bonchev–Trinajstić information content (AvgIpc) is 2.58. The van der Waals surface area contributed by atoms with Crippen molar-refractivity contribution in [2.24, 2.45) is 10.7 Å². The number of hydrogen-bond donors (Lipinski definition) is 1. The fraction of sp³-hybridized carbons (Fsp3) is 0.467. The van der Waals surface area contributed by atoms with Crippen LogP contribution in [0.25, 0.3) is 0 Å². The summed E-state index contributed by atoms with van der Waals surface area (Å²) in [6, 6.07) is 2.25. The standard InChI is InChI=1S/C15H19N4O6Se/c1-10(26)17-5-3-2-4-14(16)15(20)25-9-11-6-12(18(21)22)8-13(7-11)19(23)24/h6-8,14H,2-5,9,16H2,1H3/t14-/m0/s1. The number of nitro benzene ring substituents is 2. The second kappa shape index (κ2) is 10.6. The van der Waals surface area contributed by atoms with Crippen molar-refractivity contribution in [1.82, 2.24) is 0 Å². The van der Waals surface area contributed by atoms with Gasteiger partial charge < -0.3 is 0 Å². The number of rotatable bonds is 10.